The van der Waals surface area contributed by atoms with Crippen molar-refractivity contribution in [3.63, 3.8) is 0 Å². The lowest BCUT2D eigenvalue weighted by atomic mass is 10.3. The van der Waals surface area contributed by atoms with Crippen molar-refractivity contribution in [3.8, 4) is 0 Å². The molecule has 0 aliphatic carbocycles. The van der Waals surface area contributed by atoms with Crippen molar-refractivity contribution in [3.05, 3.63) is 22.9 Å². The van der Waals surface area contributed by atoms with Gasteiger partial charge in [-0.1, -0.05) is 0 Å². The number of pyridine rings is 1. The number of hydrogen-bond donors (Lipinski definition) is 2. The van der Waals surface area contributed by atoms with E-state index in [0.29, 0.717) is 0 Å². The predicted molar refractivity (Wildman–Crippen MR) is 56.7 cm³/mol. The van der Waals surface area contributed by atoms with E-state index < -0.39 is 0 Å². The number of anilines is 1. The van der Waals surface area contributed by atoms with Crippen LogP contribution in [0.5, 0.6) is 0 Å². The summed E-state index contributed by atoms with van der Waals surface area (Å²) in [6.45, 7) is 2.55. The van der Waals surface area contributed by atoms with Crippen LogP contribution >= 0.6 is 15.9 Å². The zero-order valence-electron chi connectivity index (χ0n) is 7.50. The van der Waals surface area contributed by atoms with E-state index in [4.69, 9.17) is 5.11 Å². The van der Waals surface area contributed by atoms with Crippen LogP contribution in [0, 0.1) is 0 Å². The molecule has 13 heavy (non-hydrogen) atoms. The topological polar surface area (TPSA) is 45.1 Å². The summed E-state index contributed by atoms with van der Waals surface area (Å²) in [6, 6.07) is 1.89. The summed E-state index contributed by atoms with van der Waals surface area (Å²) >= 11 is 3.38. The molecule has 1 heterocycles. The zero-order valence-corrected chi connectivity index (χ0v) is 9.08. The van der Waals surface area contributed by atoms with Crippen molar-refractivity contribution in [1.29, 1.82) is 0 Å². The molecule has 0 saturated carbocycles. The Bertz CT molecular complexity index is 266. The van der Waals surface area contributed by atoms with Gasteiger partial charge in [-0.05, 0) is 35.3 Å². The maximum atomic E-state index is 9.04. The highest BCUT2D eigenvalue weighted by Crippen LogP contribution is 2.19. The molecule has 0 amide bonds. The van der Waals surface area contributed by atoms with Gasteiger partial charge >= 0.3 is 0 Å². The Morgan fingerprint density at radius 1 is 1.69 bits per heavy atom. The summed E-state index contributed by atoms with van der Waals surface area (Å²) in [5.74, 6) is 0. The molecule has 0 spiro atoms. The minimum Gasteiger partial charge on any atom is -0.393 e. The van der Waals surface area contributed by atoms with Gasteiger partial charge in [-0.15, -0.1) is 0 Å². The lowest BCUT2D eigenvalue weighted by Gasteiger charge is -2.08. The summed E-state index contributed by atoms with van der Waals surface area (Å²) in [7, 11) is 0. The van der Waals surface area contributed by atoms with E-state index in [2.05, 4.69) is 26.2 Å². The molecule has 3 nitrogen and oxygen atoms in total. The van der Waals surface area contributed by atoms with Crippen molar-refractivity contribution in [2.24, 2.45) is 0 Å². The molecule has 1 aromatic rings. The van der Waals surface area contributed by atoms with Crippen LogP contribution in [-0.4, -0.2) is 22.7 Å². The molecule has 72 valence electrons. The second kappa shape index (κ2) is 5.19. The molecule has 0 fully saturated rings. The third-order valence-electron chi connectivity index (χ3n) is 1.65. The van der Waals surface area contributed by atoms with Crippen LogP contribution in [0.1, 0.15) is 13.3 Å². The Hall–Kier alpha value is -0.610. The van der Waals surface area contributed by atoms with E-state index in [0.717, 1.165) is 23.1 Å². The molecule has 1 rings (SSSR count). The quantitative estimate of drug-likeness (QED) is 0.853. The molecule has 0 unspecified atom stereocenters. The number of halogens is 1. The Morgan fingerprint density at radius 3 is 3.08 bits per heavy atom. The monoisotopic (exact) mass is 244 g/mol. The van der Waals surface area contributed by atoms with Crippen molar-refractivity contribution in [2.75, 3.05) is 11.9 Å². The third kappa shape index (κ3) is 3.74. The van der Waals surface area contributed by atoms with Gasteiger partial charge in [0.25, 0.3) is 0 Å². The number of nitrogens with zero attached hydrogens (tertiary/aromatic N) is 1. The van der Waals surface area contributed by atoms with Crippen LogP contribution in [0.15, 0.2) is 22.9 Å². The molecule has 0 saturated heterocycles. The average Bonchev–Trinajstić information content (AvgIpc) is 2.08. The summed E-state index contributed by atoms with van der Waals surface area (Å²) in [5, 5.41) is 12.2. The molecule has 2 N–H and O–H groups in total. The summed E-state index contributed by atoms with van der Waals surface area (Å²) in [4.78, 5) is 3.95. The van der Waals surface area contributed by atoms with Gasteiger partial charge in [0, 0.05) is 18.9 Å². The average molecular weight is 245 g/mol. The molecule has 0 bridgehead atoms. The second-order valence-electron chi connectivity index (χ2n) is 2.92. The number of rotatable bonds is 4. The number of nitrogens with one attached hydrogen (secondary N) is 1. The van der Waals surface area contributed by atoms with Crippen LogP contribution < -0.4 is 5.32 Å². The standard InChI is InChI=1S/C9H13BrN2O/c1-7(13)2-5-12-9-3-4-11-6-8(9)10/h3-4,6-7,13H,2,5H2,1H3,(H,11,12)/t7-/m1/s1. The highest BCUT2D eigenvalue weighted by atomic mass is 79.9. The highest BCUT2D eigenvalue weighted by Gasteiger charge is 1.98. The van der Waals surface area contributed by atoms with E-state index in [1.54, 1.807) is 19.3 Å². The summed E-state index contributed by atoms with van der Waals surface area (Å²) < 4.78 is 0.945. The molecule has 1 aromatic heterocycles. The van der Waals surface area contributed by atoms with Gasteiger partial charge in [-0.3, -0.25) is 4.98 Å². The summed E-state index contributed by atoms with van der Waals surface area (Å²) in [6.07, 6.45) is 3.96. The van der Waals surface area contributed by atoms with Crippen LogP contribution in [0.2, 0.25) is 0 Å². The van der Waals surface area contributed by atoms with Gasteiger partial charge in [0.1, 0.15) is 0 Å². The molecular weight excluding hydrogens is 232 g/mol. The number of aromatic nitrogens is 1. The van der Waals surface area contributed by atoms with Crippen LogP contribution in [0.25, 0.3) is 0 Å². The Labute approximate surface area is 86.3 Å². The van der Waals surface area contributed by atoms with Crippen LogP contribution in [-0.2, 0) is 0 Å². The molecule has 0 aromatic carbocycles. The highest BCUT2D eigenvalue weighted by molar-refractivity contribution is 9.10. The van der Waals surface area contributed by atoms with Gasteiger partial charge in [0.15, 0.2) is 0 Å². The van der Waals surface area contributed by atoms with E-state index in [1.807, 2.05) is 6.07 Å². The SMILES string of the molecule is C[C@@H](O)CCNc1ccncc1Br. The van der Waals surface area contributed by atoms with Gasteiger partial charge in [0.2, 0.25) is 0 Å². The van der Waals surface area contributed by atoms with Gasteiger partial charge in [-0.25, -0.2) is 0 Å². The van der Waals surface area contributed by atoms with E-state index in [9.17, 15) is 0 Å². The Morgan fingerprint density at radius 2 is 2.46 bits per heavy atom. The smallest absolute Gasteiger partial charge is 0.0590 e. The largest absolute Gasteiger partial charge is 0.393 e. The first kappa shape index (κ1) is 10.5. The van der Waals surface area contributed by atoms with Crippen LogP contribution in [0.3, 0.4) is 0 Å². The first-order chi connectivity index (χ1) is 6.20. The van der Waals surface area contributed by atoms with E-state index in [-0.39, 0.29) is 6.10 Å². The van der Waals surface area contributed by atoms with Crippen molar-refractivity contribution in [2.45, 2.75) is 19.4 Å². The number of hydrogen-bond acceptors (Lipinski definition) is 3. The molecule has 0 aliphatic heterocycles. The maximum absolute atomic E-state index is 9.04. The molecule has 1 atom stereocenters. The van der Waals surface area contributed by atoms with E-state index in [1.165, 1.54) is 0 Å². The fraction of sp³-hybridized carbons (Fsp3) is 0.444. The molecule has 4 heteroatoms. The van der Waals surface area contributed by atoms with Gasteiger partial charge in [-0.2, -0.15) is 0 Å². The zero-order chi connectivity index (χ0) is 9.68. The third-order valence-corrected chi connectivity index (χ3v) is 2.28. The van der Waals surface area contributed by atoms with Crippen molar-refractivity contribution >= 4 is 21.6 Å². The fourth-order valence-electron chi connectivity index (χ4n) is 0.934. The Kier molecular flexibility index (Phi) is 4.18. The second-order valence-corrected chi connectivity index (χ2v) is 3.77. The summed E-state index contributed by atoms with van der Waals surface area (Å²) in [5.41, 5.74) is 1.01. The van der Waals surface area contributed by atoms with E-state index >= 15 is 0 Å². The lowest BCUT2D eigenvalue weighted by Crippen LogP contribution is -2.09. The first-order valence-corrected chi connectivity index (χ1v) is 5.01. The first-order valence-electron chi connectivity index (χ1n) is 4.21. The normalized spacial score (nSPS) is 12.5. The molecule has 0 aliphatic rings. The molecular formula is C9H13BrN2O. The maximum Gasteiger partial charge on any atom is 0.0590 e. The predicted octanol–water partition coefficient (Wildman–Crippen LogP) is 2.03. The fourth-order valence-corrected chi connectivity index (χ4v) is 1.32. The minimum atomic E-state index is -0.256. The van der Waals surface area contributed by atoms with Crippen molar-refractivity contribution < 1.29 is 5.11 Å². The number of aliphatic hydroxyl groups is 1. The van der Waals surface area contributed by atoms with Crippen LogP contribution in [0.4, 0.5) is 5.69 Å². The number of aliphatic hydroxyl groups excluding tert-OH is 1. The molecule has 0 radical (unpaired) electrons. The Balaban J connectivity index is 2.41. The van der Waals surface area contributed by atoms with Crippen molar-refractivity contribution in [1.82, 2.24) is 4.98 Å². The minimum absolute atomic E-state index is 0.256. The van der Waals surface area contributed by atoms with Gasteiger partial charge < -0.3 is 10.4 Å². The van der Waals surface area contributed by atoms with Gasteiger partial charge in [0.05, 0.1) is 16.3 Å². The lowest BCUT2D eigenvalue weighted by molar-refractivity contribution is 0.189.